The van der Waals surface area contributed by atoms with Gasteiger partial charge in [0.05, 0.1) is 25.4 Å². The Kier molecular flexibility index (Phi) is 8.72. The molecule has 0 aliphatic rings. The number of carbonyl (C=O) groups is 1. The van der Waals surface area contributed by atoms with Crippen LogP contribution in [-0.2, 0) is 19.0 Å². The lowest BCUT2D eigenvalue weighted by molar-refractivity contribution is -0.140. The summed E-state index contributed by atoms with van der Waals surface area (Å²) in [6.07, 6.45) is 2.29. The van der Waals surface area contributed by atoms with Crippen LogP contribution in [0.1, 0.15) is 6.42 Å². The molecule has 0 radical (unpaired) electrons. The number of carbonyl (C=O) groups excluding carboxylic acids is 1. The summed E-state index contributed by atoms with van der Waals surface area (Å²) < 4.78 is 14.8. The highest BCUT2D eigenvalue weighted by molar-refractivity contribution is 5.87. The molecule has 0 aromatic carbocycles. The van der Waals surface area contributed by atoms with Gasteiger partial charge in [0.25, 0.3) is 0 Å². The molecule has 0 saturated heterocycles. The third kappa shape index (κ3) is 7.90. The van der Waals surface area contributed by atoms with Gasteiger partial charge in [-0.1, -0.05) is 12.7 Å². The van der Waals surface area contributed by atoms with Crippen LogP contribution in [0.15, 0.2) is 24.8 Å². The maximum Gasteiger partial charge on any atom is 0.335 e. The molecular weight excluding hydrogens is 196 g/mol. The molecule has 0 amide bonds. The Labute approximate surface area is 90.5 Å². The quantitative estimate of drug-likeness (QED) is 0.251. The summed E-state index contributed by atoms with van der Waals surface area (Å²) in [7, 11) is 1.60. The zero-order valence-electron chi connectivity index (χ0n) is 9.16. The van der Waals surface area contributed by atoms with E-state index in [9.17, 15) is 4.79 Å². The SMILES string of the molecule is C=CCOCC(=C)C(=O)OCCCOC. The number of rotatable bonds is 9. The number of esters is 1. The Bertz CT molecular complexity index is 211. The molecule has 0 aliphatic carbocycles. The minimum atomic E-state index is -0.421. The summed E-state index contributed by atoms with van der Waals surface area (Å²) in [5, 5.41) is 0. The molecule has 15 heavy (non-hydrogen) atoms. The van der Waals surface area contributed by atoms with E-state index in [1.165, 1.54) is 0 Å². The molecule has 0 bridgehead atoms. The number of hydrogen-bond acceptors (Lipinski definition) is 4. The summed E-state index contributed by atoms with van der Waals surface area (Å²) in [5.74, 6) is -0.421. The minimum Gasteiger partial charge on any atom is -0.462 e. The number of methoxy groups -OCH3 is 1. The number of hydrogen-bond donors (Lipinski definition) is 0. The molecular formula is C11H18O4. The van der Waals surface area contributed by atoms with Gasteiger partial charge in [0.15, 0.2) is 0 Å². The van der Waals surface area contributed by atoms with Crippen LogP contribution < -0.4 is 0 Å². The molecule has 0 aromatic heterocycles. The Morgan fingerprint density at radius 1 is 1.40 bits per heavy atom. The smallest absolute Gasteiger partial charge is 0.335 e. The largest absolute Gasteiger partial charge is 0.462 e. The Morgan fingerprint density at radius 3 is 2.73 bits per heavy atom. The zero-order chi connectivity index (χ0) is 11.5. The van der Waals surface area contributed by atoms with Crippen molar-refractivity contribution in [2.24, 2.45) is 0 Å². The van der Waals surface area contributed by atoms with E-state index in [0.29, 0.717) is 31.8 Å². The topological polar surface area (TPSA) is 44.8 Å². The normalized spacial score (nSPS) is 9.67. The van der Waals surface area contributed by atoms with Crippen LogP contribution in [0.25, 0.3) is 0 Å². The second kappa shape index (κ2) is 9.43. The molecule has 0 unspecified atom stereocenters. The fourth-order valence-electron chi connectivity index (χ4n) is 0.795. The van der Waals surface area contributed by atoms with Gasteiger partial charge in [0, 0.05) is 20.1 Å². The second-order valence-electron chi connectivity index (χ2n) is 2.89. The predicted octanol–water partition coefficient (Wildman–Crippen LogP) is 1.32. The maximum atomic E-state index is 11.2. The van der Waals surface area contributed by atoms with Crippen molar-refractivity contribution in [1.29, 1.82) is 0 Å². The third-order valence-corrected chi connectivity index (χ3v) is 1.53. The van der Waals surface area contributed by atoms with E-state index in [-0.39, 0.29) is 6.61 Å². The molecule has 0 fully saturated rings. The van der Waals surface area contributed by atoms with Gasteiger partial charge in [-0.25, -0.2) is 4.79 Å². The van der Waals surface area contributed by atoms with Crippen molar-refractivity contribution in [1.82, 2.24) is 0 Å². The van der Waals surface area contributed by atoms with Crippen molar-refractivity contribution in [3.05, 3.63) is 24.8 Å². The third-order valence-electron chi connectivity index (χ3n) is 1.53. The van der Waals surface area contributed by atoms with Crippen molar-refractivity contribution in [2.75, 3.05) is 33.5 Å². The van der Waals surface area contributed by atoms with Crippen LogP contribution in [0.2, 0.25) is 0 Å². The van der Waals surface area contributed by atoms with Gasteiger partial charge in [-0.2, -0.15) is 0 Å². The van der Waals surface area contributed by atoms with Crippen LogP contribution in [0.3, 0.4) is 0 Å². The predicted molar refractivity (Wildman–Crippen MR) is 57.6 cm³/mol. The van der Waals surface area contributed by atoms with E-state index in [1.807, 2.05) is 0 Å². The van der Waals surface area contributed by atoms with Gasteiger partial charge in [-0.15, -0.1) is 6.58 Å². The summed E-state index contributed by atoms with van der Waals surface area (Å²) in [6, 6.07) is 0. The fourth-order valence-corrected chi connectivity index (χ4v) is 0.795. The van der Waals surface area contributed by atoms with Gasteiger partial charge in [0.2, 0.25) is 0 Å². The fraction of sp³-hybridized carbons (Fsp3) is 0.545. The van der Waals surface area contributed by atoms with E-state index in [4.69, 9.17) is 14.2 Å². The highest BCUT2D eigenvalue weighted by Crippen LogP contribution is 1.97. The highest BCUT2D eigenvalue weighted by atomic mass is 16.5. The van der Waals surface area contributed by atoms with Gasteiger partial charge in [-0.05, 0) is 0 Å². The van der Waals surface area contributed by atoms with Gasteiger partial charge < -0.3 is 14.2 Å². The first-order valence-corrected chi connectivity index (χ1v) is 4.74. The van der Waals surface area contributed by atoms with Crippen LogP contribution in [0.4, 0.5) is 0 Å². The lowest BCUT2D eigenvalue weighted by Gasteiger charge is -2.06. The van der Waals surface area contributed by atoms with Gasteiger partial charge in [-0.3, -0.25) is 0 Å². The second-order valence-corrected chi connectivity index (χ2v) is 2.89. The van der Waals surface area contributed by atoms with Crippen molar-refractivity contribution in [3.63, 3.8) is 0 Å². The Balaban J connectivity index is 3.51. The van der Waals surface area contributed by atoms with Crippen molar-refractivity contribution >= 4 is 5.97 Å². The molecule has 0 saturated carbocycles. The molecule has 4 heteroatoms. The van der Waals surface area contributed by atoms with Crippen molar-refractivity contribution in [2.45, 2.75) is 6.42 Å². The monoisotopic (exact) mass is 214 g/mol. The van der Waals surface area contributed by atoms with Crippen molar-refractivity contribution < 1.29 is 19.0 Å². The minimum absolute atomic E-state index is 0.176. The molecule has 0 spiro atoms. The van der Waals surface area contributed by atoms with E-state index in [1.54, 1.807) is 13.2 Å². The van der Waals surface area contributed by atoms with Crippen LogP contribution in [0, 0.1) is 0 Å². The van der Waals surface area contributed by atoms with Crippen LogP contribution in [-0.4, -0.2) is 39.5 Å². The molecule has 0 rings (SSSR count). The first-order valence-electron chi connectivity index (χ1n) is 4.74. The molecule has 4 nitrogen and oxygen atoms in total. The summed E-state index contributed by atoms with van der Waals surface area (Å²) in [4.78, 5) is 11.2. The average molecular weight is 214 g/mol. The van der Waals surface area contributed by atoms with Gasteiger partial charge in [0.1, 0.15) is 0 Å². The zero-order valence-corrected chi connectivity index (χ0v) is 9.16. The first kappa shape index (κ1) is 13.9. The average Bonchev–Trinajstić information content (AvgIpc) is 2.24. The Morgan fingerprint density at radius 2 is 2.13 bits per heavy atom. The summed E-state index contributed by atoms with van der Waals surface area (Å²) >= 11 is 0. The lowest BCUT2D eigenvalue weighted by Crippen LogP contribution is -2.13. The molecule has 0 aromatic rings. The molecule has 0 N–H and O–H groups in total. The maximum absolute atomic E-state index is 11.2. The standard InChI is InChI=1S/C11H18O4/c1-4-6-14-9-10(2)11(12)15-8-5-7-13-3/h4H,1-2,5-9H2,3H3. The molecule has 86 valence electrons. The highest BCUT2D eigenvalue weighted by Gasteiger charge is 2.07. The molecule has 0 aliphatic heterocycles. The van der Waals surface area contributed by atoms with E-state index in [2.05, 4.69) is 13.2 Å². The molecule has 0 heterocycles. The van der Waals surface area contributed by atoms with Gasteiger partial charge >= 0.3 is 5.97 Å². The van der Waals surface area contributed by atoms with E-state index < -0.39 is 5.97 Å². The number of ether oxygens (including phenoxy) is 3. The Hall–Kier alpha value is -1.13. The first-order chi connectivity index (χ1) is 7.22. The van der Waals surface area contributed by atoms with Crippen LogP contribution in [0.5, 0.6) is 0 Å². The lowest BCUT2D eigenvalue weighted by atomic mass is 10.3. The summed E-state index contributed by atoms with van der Waals surface area (Å²) in [5.41, 5.74) is 0.314. The summed E-state index contributed by atoms with van der Waals surface area (Å²) in [6.45, 7) is 8.54. The van der Waals surface area contributed by atoms with E-state index >= 15 is 0 Å². The molecule has 0 atom stereocenters. The van der Waals surface area contributed by atoms with Crippen molar-refractivity contribution in [3.8, 4) is 0 Å². The van der Waals surface area contributed by atoms with E-state index in [0.717, 1.165) is 0 Å². The van der Waals surface area contributed by atoms with Crippen LogP contribution >= 0.6 is 0 Å².